The topological polar surface area (TPSA) is 32.3 Å². The molecule has 1 atom stereocenters. The number of aliphatic hydroxyl groups is 1. The van der Waals surface area contributed by atoms with E-state index in [0.717, 1.165) is 0 Å². The molecule has 0 amide bonds. The molecule has 66 valence electrons. The molecule has 1 fully saturated rings. The third-order valence-corrected chi connectivity index (χ3v) is 2.06. The maximum Gasteiger partial charge on any atom is 0.408 e. The lowest BCUT2D eigenvalue weighted by Gasteiger charge is -2.29. The van der Waals surface area contributed by atoms with E-state index in [1.54, 1.807) is 0 Å². The van der Waals surface area contributed by atoms with Gasteiger partial charge in [-0.2, -0.15) is 13.2 Å². The van der Waals surface area contributed by atoms with Crippen molar-refractivity contribution >= 4 is 0 Å². The minimum absolute atomic E-state index is 0.0208. The average Bonchev–Trinajstić information content (AvgIpc) is 2.33. The SMILES string of the molecule is OCC1(C(F)(F)F)CCCN1. The van der Waals surface area contributed by atoms with Crippen molar-refractivity contribution in [3.8, 4) is 0 Å². The average molecular weight is 169 g/mol. The summed E-state index contributed by atoms with van der Waals surface area (Å²) in [5.74, 6) is 0. The van der Waals surface area contributed by atoms with Crippen molar-refractivity contribution in [1.29, 1.82) is 0 Å². The highest BCUT2D eigenvalue weighted by atomic mass is 19.4. The van der Waals surface area contributed by atoms with Crippen LogP contribution in [0.25, 0.3) is 0 Å². The van der Waals surface area contributed by atoms with Gasteiger partial charge in [0.25, 0.3) is 0 Å². The number of rotatable bonds is 1. The standard InChI is InChI=1S/C6H10F3NO/c7-6(8,9)5(4-11)2-1-3-10-5/h10-11H,1-4H2. The van der Waals surface area contributed by atoms with E-state index in [-0.39, 0.29) is 6.42 Å². The minimum atomic E-state index is -4.34. The van der Waals surface area contributed by atoms with E-state index < -0.39 is 18.3 Å². The van der Waals surface area contributed by atoms with Crippen molar-refractivity contribution < 1.29 is 18.3 Å². The normalized spacial score (nSPS) is 32.7. The minimum Gasteiger partial charge on any atom is -0.394 e. The largest absolute Gasteiger partial charge is 0.408 e. The van der Waals surface area contributed by atoms with Gasteiger partial charge in [0, 0.05) is 0 Å². The van der Waals surface area contributed by atoms with E-state index in [1.807, 2.05) is 0 Å². The number of alkyl halides is 3. The van der Waals surface area contributed by atoms with Crippen LogP contribution >= 0.6 is 0 Å². The number of hydrogen-bond donors (Lipinski definition) is 2. The van der Waals surface area contributed by atoms with Crippen molar-refractivity contribution in [1.82, 2.24) is 5.32 Å². The monoisotopic (exact) mass is 169 g/mol. The van der Waals surface area contributed by atoms with Crippen LogP contribution in [0.3, 0.4) is 0 Å². The first kappa shape index (κ1) is 8.80. The Labute approximate surface area is 62.4 Å². The van der Waals surface area contributed by atoms with Gasteiger partial charge < -0.3 is 10.4 Å². The molecule has 1 aliphatic rings. The van der Waals surface area contributed by atoms with E-state index in [2.05, 4.69) is 5.32 Å². The molecular formula is C6H10F3NO. The fourth-order valence-electron chi connectivity index (χ4n) is 1.27. The molecule has 0 aliphatic carbocycles. The lowest BCUT2D eigenvalue weighted by molar-refractivity contribution is -0.201. The van der Waals surface area contributed by atoms with Crippen molar-refractivity contribution in [2.45, 2.75) is 24.6 Å². The third kappa shape index (κ3) is 1.35. The Balaban J connectivity index is 2.75. The highest BCUT2D eigenvalue weighted by Gasteiger charge is 2.55. The van der Waals surface area contributed by atoms with E-state index in [0.29, 0.717) is 13.0 Å². The van der Waals surface area contributed by atoms with Crippen molar-refractivity contribution in [2.75, 3.05) is 13.2 Å². The number of halogens is 3. The molecule has 1 rings (SSSR count). The summed E-state index contributed by atoms with van der Waals surface area (Å²) in [6.07, 6.45) is -3.88. The van der Waals surface area contributed by atoms with Crippen LogP contribution in [0.4, 0.5) is 13.2 Å². The van der Waals surface area contributed by atoms with Crippen molar-refractivity contribution in [2.24, 2.45) is 0 Å². The molecule has 1 heterocycles. The van der Waals surface area contributed by atoms with Gasteiger partial charge in [-0.1, -0.05) is 0 Å². The summed E-state index contributed by atoms with van der Waals surface area (Å²) in [5, 5.41) is 10.9. The Bertz CT molecular complexity index is 139. The predicted octanol–water partition coefficient (Wildman–Crippen LogP) is 0.663. The summed E-state index contributed by atoms with van der Waals surface area (Å²) in [7, 11) is 0. The van der Waals surface area contributed by atoms with Crippen molar-refractivity contribution in [3.05, 3.63) is 0 Å². The van der Waals surface area contributed by atoms with Gasteiger partial charge in [-0.3, -0.25) is 0 Å². The molecule has 0 bridgehead atoms. The molecule has 2 nitrogen and oxygen atoms in total. The Morgan fingerprint density at radius 2 is 2.09 bits per heavy atom. The van der Waals surface area contributed by atoms with E-state index >= 15 is 0 Å². The van der Waals surface area contributed by atoms with E-state index in [1.165, 1.54) is 0 Å². The Hall–Kier alpha value is -0.290. The molecular weight excluding hydrogens is 159 g/mol. The first-order chi connectivity index (χ1) is 5.02. The van der Waals surface area contributed by atoms with Crippen LogP contribution in [-0.2, 0) is 0 Å². The molecule has 5 heteroatoms. The summed E-state index contributed by atoms with van der Waals surface area (Å²) in [4.78, 5) is 0. The van der Waals surface area contributed by atoms with Crippen molar-refractivity contribution in [3.63, 3.8) is 0 Å². The van der Waals surface area contributed by atoms with Crippen LogP contribution in [0.2, 0.25) is 0 Å². The molecule has 0 aromatic carbocycles. The molecule has 0 aromatic heterocycles. The van der Waals surface area contributed by atoms with Gasteiger partial charge >= 0.3 is 6.18 Å². The van der Waals surface area contributed by atoms with Gasteiger partial charge in [-0.25, -0.2) is 0 Å². The smallest absolute Gasteiger partial charge is 0.394 e. The number of aliphatic hydroxyl groups excluding tert-OH is 1. The summed E-state index contributed by atoms with van der Waals surface area (Å²) in [6, 6.07) is 0. The fraction of sp³-hybridized carbons (Fsp3) is 1.00. The van der Waals surface area contributed by atoms with Gasteiger partial charge in [0.2, 0.25) is 0 Å². The molecule has 0 radical (unpaired) electrons. The molecule has 11 heavy (non-hydrogen) atoms. The maximum absolute atomic E-state index is 12.2. The van der Waals surface area contributed by atoms with Crippen LogP contribution in [0.1, 0.15) is 12.8 Å². The zero-order valence-corrected chi connectivity index (χ0v) is 5.91. The van der Waals surface area contributed by atoms with Gasteiger partial charge in [0.05, 0.1) is 6.61 Å². The van der Waals surface area contributed by atoms with Crippen LogP contribution in [0, 0.1) is 0 Å². The maximum atomic E-state index is 12.2. The molecule has 1 aliphatic heterocycles. The third-order valence-electron chi connectivity index (χ3n) is 2.06. The highest BCUT2D eigenvalue weighted by Crippen LogP contribution is 2.36. The van der Waals surface area contributed by atoms with Gasteiger partial charge in [0.1, 0.15) is 5.54 Å². The van der Waals surface area contributed by atoms with Gasteiger partial charge in [-0.15, -0.1) is 0 Å². The lowest BCUT2D eigenvalue weighted by atomic mass is 9.98. The van der Waals surface area contributed by atoms with E-state index in [4.69, 9.17) is 5.11 Å². The Morgan fingerprint density at radius 1 is 1.45 bits per heavy atom. The molecule has 0 aromatic rings. The highest BCUT2D eigenvalue weighted by molar-refractivity contribution is 4.98. The zero-order chi connectivity index (χ0) is 8.54. The molecule has 0 saturated carbocycles. The lowest BCUT2D eigenvalue weighted by Crippen LogP contribution is -2.55. The van der Waals surface area contributed by atoms with Crippen LogP contribution < -0.4 is 5.32 Å². The van der Waals surface area contributed by atoms with Gasteiger partial charge in [0.15, 0.2) is 0 Å². The Kier molecular flexibility index (Phi) is 2.11. The van der Waals surface area contributed by atoms with E-state index in [9.17, 15) is 13.2 Å². The predicted molar refractivity (Wildman–Crippen MR) is 33.1 cm³/mol. The molecule has 1 unspecified atom stereocenters. The first-order valence-corrected chi connectivity index (χ1v) is 3.44. The number of nitrogens with one attached hydrogen (secondary N) is 1. The molecule has 0 spiro atoms. The summed E-state index contributed by atoms with van der Waals surface area (Å²) >= 11 is 0. The zero-order valence-electron chi connectivity index (χ0n) is 5.91. The van der Waals surface area contributed by atoms with Crippen LogP contribution in [-0.4, -0.2) is 30.0 Å². The summed E-state index contributed by atoms with van der Waals surface area (Å²) < 4.78 is 36.6. The Morgan fingerprint density at radius 3 is 2.27 bits per heavy atom. The second-order valence-electron chi connectivity index (χ2n) is 2.77. The second-order valence-corrected chi connectivity index (χ2v) is 2.77. The van der Waals surface area contributed by atoms with Gasteiger partial charge in [-0.05, 0) is 19.4 Å². The van der Waals surface area contributed by atoms with Crippen LogP contribution in [0.5, 0.6) is 0 Å². The molecule has 2 N–H and O–H groups in total. The quantitative estimate of drug-likeness (QED) is 0.604. The molecule has 1 saturated heterocycles. The second kappa shape index (κ2) is 2.64. The first-order valence-electron chi connectivity index (χ1n) is 3.44. The fourth-order valence-corrected chi connectivity index (χ4v) is 1.27. The summed E-state index contributed by atoms with van der Waals surface area (Å²) in [5.41, 5.74) is -2.02. The number of hydrogen-bond acceptors (Lipinski definition) is 2. The summed E-state index contributed by atoms with van der Waals surface area (Å²) in [6.45, 7) is -0.531. The van der Waals surface area contributed by atoms with Crippen LogP contribution in [0.15, 0.2) is 0 Å².